The van der Waals surface area contributed by atoms with Gasteiger partial charge in [-0.05, 0) is 35.9 Å². The summed E-state index contributed by atoms with van der Waals surface area (Å²) in [6, 6.07) is 24.0. The summed E-state index contributed by atoms with van der Waals surface area (Å²) in [5.41, 5.74) is 2.59. The molecule has 1 aromatic heterocycles. The monoisotopic (exact) mass is 355 g/mol. The zero-order valence-corrected chi connectivity index (χ0v) is 14.5. The quantitative estimate of drug-likeness (QED) is 0.611. The van der Waals surface area contributed by atoms with Crippen LogP contribution in [-0.4, -0.2) is 15.5 Å². The number of fused-ring (bicyclic) bond motifs is 1. The van der Waals surface area contributed by atoms with Gasteiger partial charge in [-0.3, -0.25) is 14.2 Å². The highest BCUT2D eigenvalue weighted by Crippen LogP contribution is 2.12. The predicted octanol–water partition coefficient (Wildman–Crippen LogP) is 3.32. The van der Waals surface area contributed by atoms with Crippen molar-refractivity contribution in [3.05, 3.63) is 107 Å². The van der Waals surface area contributed by atoms with Crippen molar-refractivity contribution in [3.8, 4) is 5.69 Å². The number of benzene rings is 3. The van der Waals surface area contributed by atoms with E-state index in [1.807, 2.05) is 60.7 Å². The molecule has 1 N–H and O–H groups in total. The van der Waals surface area contributed by atoms with Gasteiger partial charge < -0.3 is 5.32 Å². The first-order valence-electron chi connectivity index (χ1n) is 8.61. The molecule has 1 amide bonds. The fraction of sp³-hybridized carbons (Fsp3) is 0.0455. The van der Waals surface area contributed by atoms with E-state index >= 15 is 0 Å². The minimum absolute atomic E-state index is 0.164. The number of nitrogens with one attached hydrogen (secondary N) is 1. The number of amides is 1. The Morgan fingerprint density at radius 1 is 0.926 bits per heavy atom. The van der Waals surface area contributed by atoms with Crippen LogP contribution in [-0.2, 0) is 6.54 Å². The maximum absolute atomic E-state index is 12.7. The molecule has 4 rings (SSSR count). The average molecular weight is 355 g/mol. The summed E-state index contributed by atoms with van der Waals surface area (Å²) in [7, 11) is 0. The summed E-state index contributed by atoms with van der Waals surface area (Å²) in [6.45, 7) is 0.445. The first-order valence-corrected chi connectivity index (χ1v) is 8.61. The van der Waals surface area contributed by atoms with Crippen LogP contribution >= 0.6 is 0 Å². The molecule has 0 fully saturated rings. The number of nitrogens with zero attached hydrogens (tertiary/aromatic N) is 2. The topological polar surface area (TPSA) is 64.0 Å². The first-order chi connectivity index (χ1) is 13.2. The molecule has 0 aliphatic rings. The van der Waals surface area contributed by atoms with E-state index in [2.05, 4.69) is 10.3 Å². The molecular formula is C22H17N3O2. The lowest BCUT2D eigenvalue weighted by molar-refractivity contribution is 0.0951. The summed E-state index contributed by atoms with van der Waals surface area (Å²) in [4.78, 5) is 29.5. The van der Waals surface area contributed by atoms with Crippen LogP contribution in [0.4, 0.5) is 0 Å². The number of carbonyl (C=O) groups is 1. The summed E-state index contributed by atoms with van der Waals surface area (Å²) in [5.74, 6) is -0.199. The Morgan fingerprint density at radius 2 is 1.63 bits per heavy atom. The number of hydrogen-bond acceptors (Lipinski definition) is 3. The van der Waals surface area contributed by atoms with Crippen LogP contribution < -0.4 is 10.9 Å². The highest BCUT2D eigenvalue weighted by Gasteiger charge is 2.10. The molecule has 0 bridgehead atoms. The Balaban J connectivity index is 1.61. The SMILES string of the molecule is O=C(NCc1ccccc1)c1ccc2c(=O)n(-c3ccccc3)cnc2c1. The Morgan fingerprint density at radius 3 is 2.37 bits per heavy atom. The molecule has 132 valence electrons. The number of carbonyl (C=O) groups excluding carboxylic acids is 1. The van der Waals surface area contributed by atoms with Crippen molar-refractivity contribution in [2.75, 3.05) is 0 Å². The predicted molar refractivity (Wildman–Crippen MR) is 105 cm³/mol. The van der Waals surface area contributed by atoms with Crippen LogP contribution in [0.3, 0.4) is 0 Å². The van der Waals surface area contributed by atoms with E-state index in [1.165, 1.54) is 10.9 Å². The molecule has 0 unspecified atom stereocenters. The molecule has 5 heteroatoms. The third-order valence-electron chi connectivity index (χ3n) is 4.35. The molecule has 0 atom stereocenters. The van der Waals surface area contributed by atoms with Crippen LogP contribution in [0.5, 0.6) is 0 Å². The molecule has 0 radical (unpaired) electrons. The Kier molecular flexibility index (Phi) is 4.49. The van der Waals surface area contributed by atoms with E-state index in [0.29, 0.717) is 23.0 Å². The standard InChI is InChI=1S/C22H17N3O2/c26-21(23-14-16-7-3-1-4-8-16)17-11-12-19-20(13-17)24-15-25(22(19)27)18-9-5-2-6-10-18/h1-13,15H,14H2,(H,23,26). The van der Waals surface area contributed by atoms with Gasteiger partial charge in [0.1, 0.15) is 6.33 Å². The van der Waals surface area contributed by atoms with Gasteiger partial charge in [-0.15, -0.1) is 0 Å². The maximum Gasteiger partial charge on any atom is 0.265 e. The lowest BCUT2D eigenvalue weighted by Crippen LogP contribution is -2.23. The highest BCUT2D eigenvalue weighted by molar-refractivity contribution is 5.97. The molecule has 5 nitrogen and oxygen atoms in total. The van der Waals surface area contributed by atoms with Gasteiger partial charge in [-0.25, -0.2) is 4.98 Å². The number of hydrogen-bond donors (Lipinski definition) is 1. The molecule has 1 heterocycles. The van der Waals surface area contributed by atoms with E-state index in [9.17, 15) is 9.59 Å². The molecule has 4 aromatic rings. The van der Waals surface area contributed by atoms with E-state index in [-0.39, 0.29) is 11.5 Å². The lowest BCUT2D eigenvalue weighted by atomic mass is 10.1. The molecule has 0 aliphatic carbocycles. The third-order valence-corrected chi connectivity index (χ3v) is 4.35. The number of aromatic nitrogens is 2. The smallest absolute Gasteiger partial charge is 0.265 e. The van der Waals surface area contributed by atoms with Crippen molar-refractivity contribution in [1.82, 2.24) is 14.9 Å². The second-order valence-corrected chi connectivity index (χ2v) is 6.16. The molecular weight excluding hydrogens is 338 g/mol. The van der Waals surface area contributed by atoms with E-state index in [1.54, 1.807) is 18.2 Å². The van der Waals surface area contributed by atoms with Gasteiger partial charge in [0.15, 0.2) is 0 Å². The average Bonchev–Trinajstić information content (AvgIpc) is 2.73. The van der Waals surface area contributed by atoms with Gasteiger partial charge in [-0.1, -0.05) is 48.5 Å². The van der Waals surface area contributed by atoms with Crippen LogP contribution in [0.25, 0.3) is 16.6 Å². The fourth-order valence-electron chi connectivity index (χ4n) is 2.92. The highest BCUT2D eigenvalue weighted by atomic mass is 16.1. The zero-order chi connectivity index (χ0) is 18.6. The molecule has 27 heavy (non-hydrogen) atoms. The molecule has 0 saturated carbocycles. The van der Waals surface area contributed by atoms with Crippen molar-refractivity contribution in [2.24, 2.45) is 0 Å². The molecule has 3 aromatic carbocycles. The Hall–Kier alpha value is -3.73. The fourth-order valence-corrected chi connectivity index (χ4v) is 2.92. The van der Waals surface area contributed by atoms with Gasteiger partial charge in [-0.2, -0.15) is 0 Å². The van der Waals surface area contributed by atoms with Crippen molar-refractivity contribution in [2.45, 2.75) is 6.54 Å². The Labute approximate surface area is 155 Å². The maximum atomic E-state index is 12.7. The second-order valence-electron chi connectivity index (χ2n) is 6.16. The first kappa shape index (κ1) is 16.7. The van der Waals surface area contributed by atoms with E-state index < -0.39 is 0 Å². The summed E-state index contributed by atoms with van der Waals surface area (Å²) in [6.07, 6.45) is 1.49. The van der Waals surface area contributed by atoms with Crippen LogP contribution in [0.15, 0.2) is 90.0 Å². The second kappa shape index (κ2) is 7.25. The lowest BCUT2D eigenvalue weighted by Gasteiger charge is -2.08. The van der Waals surface area contributed by atoms with Gasteiger partial charge in [0.2, 0.25) is 0 Å². The van der Waals surface area contributed by atoms with Gasteiger partial charge >= 0.3 is 0 Å². The number of para-hydroxylation sites is 1. The van der Waals surface area contributed by atoms with Crippen molar-refractivity contribution in [3.63, 3.8) is 0 Å². The third kappa shape index (κ3) is 3.48. The van der Waals surface area contributed by atoms with Gasteiger partial charge in [0.25, 0.3) is 11.5 Å². The largest absolute Gasteiger partial charge is 0.348 e. The minimum atomic E-state index is -0.199. The molecule has 0 spiro atoms. The molecule has 0 aliphatic heterocycles. The van der Waals surface area contributed by atoms with Crippen LogP contribution in [0.1, 0.15) is 15.9 Å². The van der Waals surface area contributed by atoms with Crippen molar-refractivity contribution >= 4 is 16.8 Å². The van der Waals surface area contributed by atoms with Crippen molar-refractivity contribution in [1.29, 1.82) is 0 Å². The van der Waals surface area contributed by atoms with Crippen molar-refractivity contribution < 1.29 is 4.79 Å². The summed E-state index contributed by atoms with van der Waals surface area (Å²) in [5, 5.41) is 3.35. The number of rotatable bonds is 4. The van der Waals surface area contributed by atoms with Gasteiger partial charge in [0.05, 0.1) is 16.6 Å². The summed E-state index contributed by atoms with van der Waals surface area (Å²) >= 11 is 0. The normalized spacial score (nSPS) is 10.7. The zero-order valence-electron chi connectivity index (χ0n) is 14.5. The van der Waals surface area contributed by atoms with E-state index in [0.717, 1.165) is 11.3 Å². The minimum Gasteiger partial charge on any atom is -0.348 e. The molecule has 0 saturated heterocycles. The van der Waals surface area contributed by atoms with Crippen LogP contribution in [0, 0.1) is 0 Å². The van der Waals surface area contributed by atoms with E-state index in [4.69, 9.17) is 0 Å². The van der Waals surface area contributed by atoms with Gasteiger partial charge in [0, 0.05) is 12.1 Å². The van der Waals surface area contributed by atoms with Crippen LogP contribution in [0.2, 0.25) is 0 Å². The summed E-state index contributed by atoms with van der Waals surface area (Å²) < 4.78 is 1.50. The Bertz CT molecular complexity index is 1150.